The summed E-state index contributed by atoms with van der Waals surface area (Å²) in [4.78, 5) is 12.3. The van der Waals surface area contributed by atoms with E-state index in [0.29, 0.717) is 5.92 Å². The predicted octanol–water partition coefficient (Wildman–Crippen LogP) is 4.63. The van der Waals surface area contributed by atoms with E-state index >= 15 is 0 Å². The number of hydrazone groups is 1. The Morgan fingerprint density at radius 1 is 1.10 bits per heavy atom. The molecule has 2 atom stereocenters. The van der Waals surface area contributed by atoms with E-state index in [1.807, 2.05) is 24.3 Å². The van der Waals surface area contributed by atoms with Gasteiger partial charge in [-0.05, 0) is 52.7 Å². The summed E-state index contributed by atoms with van der Waals surface area (Å²) >= 11 is 0. The lowest BCUT2D eigenvalue weighted by atomic mass is 9.86. The monoisotopic (exact) mass is 390 g/mol. The second-order valence-corrected chi connectivity index (χ2v) is 8.55. The number of carbonyl (C=O) groups excluding carboxylic acids is 1. The molecule has 1 saturated carbocycles. The number of fused-ring (bicyclic) bond motifs is 1. The fourth-order valence-electron chi connectivity index (χ4n) is 3.48. The topological polar surface area (TPSA) is 59.9 Å². The number of nitrogens with zero attached hydrogens (tertiary/aromatic N) is 1. The molecule has 0 unspecified atom stereocenters. The van der Waals surface area contributed by atoms with Gasteiger partial charge in [0.25, 0.3) is 0 Å². The minimum Gasteiger partial charge on any atom is -0.454 e. The Morgan fingerprint density at radius 2 is 1.86 bits per heavy atom. The van der Waals surface area contributed by atoms with Crippen LogP contribution in [0.4, 0.5) is 0 Å². The maximum atomic E-state index is 12.3. The number of carbonyl (C=O) groups is 1. The molecule has 2 aliphatic rings. The molecule has 0 saturated heterocycles. The van der Waals surface area contributed by atoms with Gasteiger partial charge in [-0.15, -0.1) is 0 Å². The Hall–Kier alpha value is -3.08. The summed E-state index contributed by atoms with van der Waals surface area (Å²) < 4.78 is 10.6. The third kappa shape index (κ3) is 4.50. The SMILES string of the molecule is CC(C)(C)c1ccc([C@H]2C[C@@H]2C(=O)N/N=C/C=C/c2ccc3c(c2)OCO3)cc1. The van der Waals surface area contributed by atoms with Gasteiger partial charge in [-0.3, -0.25) is 4.79 Å². The van der Waals surface area contributed by atoms with Gasteiger partial charge in [0, 0.05) is 12.1 Å². The van der Waals surface area contributed by atoms with Gasteiger partial charge in [0.2, 0.25) is 12.7 Å². The molecule has 1 aliphatic heterocycles. The molecule has 0 bridgehead atoms. The van der Waals surface area contributed by atoms with Crippen molar-refractivity contribution in [2.75, 3.05) is 6.79 Å². The van der Waals surface area contributed by atoms with Crippen molar-refractivity contribution in [1.29, 1.82) is 0 Å². The van der Waals surface area contributed by atoms with Crippen molar-refractivity contribution in [3.05, 3.63) is 65.2 Å². The first kappa shape index (κ1) is 19.2. The molecule has 5 heteroatoms. The average Bonchev–Trinajstić information content (AvgIpc) is 3.37. The van der Waals surface area contributed by atoms with Gasteiger partial charge in [0.05, 0.1) is 0 Å². The van der Waals surface area contributed by atoms with Crippen LogP contribution >= 0.6 is 0 Å². The van der Waals surface area contributed by atoms with Crippen molar-refractivity contribution in [2.45, 2.75) is 38.5 Å². The maximum Gasteiger partial charge on any atom is 0.243 e. The summed E-state index contributed by atoms with van der Waals surface area (Å²) in [5.41, 5.74) is 6.30. The largest absolute Gasteiger partial charge is 0.454 e. The second-order valence-electron chi connectivity index (χ2n) is 8.55. The first-order valence-electron chi connectivity index (χ1n) is 9.91. The molecule has 2 aromatic rings. The number of amides is 1. The van der Waals surface area contributed by atoms with E-state index in [1.54, 1.807) is 12.3 Å². The quantitative estimate of drug-likeness (QED) is 0.598. The summed E-state index contributed by atoms with van der Waals surface area (Å²) in [6, 6.07) is 14.4. The Morgan fingerprint density at radius 3 is 2.62 bits per heavy atom. The zero-order valence-electron chi connectivity index (χ0n) is 17.0. The number of hydrogen-bond donors (Lipinski definition) is 1. The van der Waals surface area contributed by atoms with Gasteiger partial charge >= 0.3 is 0 Å². The van der Waals surface area contributed by atoms with E-state index in [4.69, 9.17) is 9.47 Å². The van der Waals surface area contributed by atoms with E-state index in [-0.39, 0.29) is 24.0 Å². The van der Waals surface area contributed by atoms with Crippen LogP contribution in [0.25, 0.3) is 6.08 Å². The van der Waals surface area contributed by atoms with Crippen LogP contribution in [0.15, 0.2) is 53.6 Å². The van der Waals surface area contributed by atoms with Crippen molar-refractivity contribution in [1.82, 2.24) is 5.43 Å². The highest BCUT2D eigenvalue weighted by Gasteiger charge is 2.43. The van der Waals surface area contributed by atoms with Crippen LogP contribution in [0.1, 0.15) is 49.8 Å². The number of nitrogens with one attached hydrogen (secondary N) is 1. The lowest BCUT2D eigenvalue weighted by Gasteiger charge is -2.19. The Balaban J connectivity index is 1.26. The number of allylic oxidation sites excluding steroid dienone is 1. The number of hydrogen-bond acceptors (Lipinski definition) is 4. The fourth-order valence-corrected chi connectivity index (χ4v) is 3.48. The summed E-state index contributed by atoms with van der Waals surface area (Å²) in [6.07, 6.45) is 6.14. The molecule has 0 radical (unpaired) electrons. The summed E-state index contributed by atoms with van der Waals surface area (Å²) in [7, 11) is 0. The van der Waals surface area contributed by atoms with E-state index in [1.165, 1.54) is 11.1 Å². The molecule has 1 fully saturated rings. The molecule has 5 nitrogen and oxygen atoms in total. The van der Waals surface area contributed by atoms with Crippen LogP contribution in [0.2, 0.25) is 0 Å². The van der Waals surface area contributed by atoms with Crippen LogP contribution in [-0.2, 0) is 10.2 Å². The summed E-state index contributed by atoms with van der Waals surface area (Å²) in [5.74, 6) is 1.78. The van der Waals surface area contributed by atoms with E-state index in [9.17, 15) is 4.79 Å². The molecule has 2 aromatic carbocycles. The van der Waals surface area contributed by atoms with E-state index in [2.05, 4.69) is 55.6 Å². The second kappa shape index (κ2) is 7.74. The van der Waals surface area contributed by atoms with E-state index < -0.39 is 0 Å². The number of benzene rings is 2. The Kier molecular flexibility index (Phi) is 5.14. The molecule has 1 heterocycles. The maximum absolute atomic E-state index is 12.3. The van der Waals surface area contributed by atoms with Crippen LogP contribution in [0, 0.1) is 5.92 Å². The summed E-state index contributed by atoms with van der Waals surface area (Å²) in [5, 5.41) is 4.03. The van der Waals surface area contributed by atoms with Crippen molar-refractivity contribution < 1.29 is 14.3 Å². The smallest absolute Gasteiger partial charge is 0.243 e. The van der Waals surface area contributed by atoms with Crippen LogP contribution in [0.5, 0.6) is 11.5 Å². The van der Waals surface area contributed by atoms with Gasteiger partial charge in [-0.1, -0.05) is 57.2 Å². The molecule has 150 valence electrons. The highest BCUT2D eigenvalue weighted by atomic mass is 16.7. The van der Waals surface area contributed by atoms with Crippen LogP contribution in [0.3, 0.4) is 0 Å². The molecule has 1 aliphatic carbocycles. The molecule has 4 rings (SSSR count). The fraction of sp³-hybridized carbons (Fsp3) is 0.333. The lowest BCUT2D eigenvalue weighted by molar-refractivity contribution is -0.122. The van der Waals surface area contributed by atoms with Crippen LogP contribution in [-0.4, -0.2) is 18.9 Å². The standard InChI is InChI=1S/C24H26N2O3/c1-24(2,3)18-9-7-17(8-10-18)19-14-20(19)23(27)26-25-12-4-5-16-6-11-21-22(13-16)29-15-28-21/h4-13,19-20H,14-15H2,1-3H3,(H,26,27)/b5-4+,25-12+/t19-,20+/m1/s1. The Bertz CT molecular complexity index is 955. The van der Waals surface area contributed by atoms with Crippen molar-refractivity contribution >= 4 is 18.2 Å². The van der Waals surface area contributed by atoms with Crippen molar-refractivity contribution in [3.63, 3.8) is 0 Å². The van der Waals surface area contributed by atoms with Crippen molar-refractivity contribution in [3.8, 4) is 11.5 Å². The lowest BCUT2D eigenvalue weighted by Crippen LogP contribution is -2.19. The molecule has 1 amide bonds. The minimum atomic E-state index is -0.0253. The number of rotatable bonds is 5. The minimum absolute atomic E-state index is 0.00507. The van der Waals surface area contributed by atoms with Crippen molar-refractivity contribution in [2.24, 2.45) is 11.0 Å². The predicted molar refractivity (Wildman–Crippen MR) is 114 cm³/mol. The first-order valence-corrected chi connectivity index (χ1v) is 9.91. The average molecular weight is 390 g/mol. The normalized spacial score (nSPS) is 20.4. The summed E-state index contributed by atoms with van der Waals surface area (Å²) in [6.45, 7) is 6.87. The zero-order chi connectivity index (χ0) is 20.4. The molecule has 0 aromatic heterocycles. The van der Waals surface area contributed by atoms with Crippen LogP contribution < -0.4 is 14.9 Å². The highest BCUT2D eigenvalue weighted by molar-refractivity contribution is 5.85. The molecular formula is C24H26N2O3. The third-order valence-corrected chi connectivity index (χ3v) is 5.35. The van der Waals surface area contributed by atoms with Gasteiger partial charge in [-0.25, -0.2) is 5.43 Å². The third-order valence-electron chi connectivity index (χ3n) is 5.35. The van der Waals surface area contributed by atoms with Gasteiger partial charge < -0.3 is 9.47 Å². The number of ether oxygens (including phenoxy) is 2. The highest BCUT2D eigenvalue weighted by Crippen LogP contribution is 2.47. The van der Waals surface area contributed by atoms with Gasteiger partial charge in [-0.2, -0.15) is 5.10 Å². The molecule has 29 heavy (non-hydrogen) atoms. The Labute approximate surface area is 171 Å². The molecular weight excluding hydrogens is 364 g/mol. The molecule has 1 N–H and O–H groups in total. The van der Waals surface area contributed by atoms with Gasteiger partial charge in [0.15, 0.2) is 11.5 Å². The van der Waals surface area contributed by atoms with Gasteiger partial charge in [0.1, 0.15) is 0 Å². The molecule has 0 spiro atoms. The first-order chi connectivity index (χ1) is 13.9. The zero-order valence-corrected chi connectivity index (χ0v) is 17.0. The van der Waals surface area contributed by atoms with E-state index in [0.717, 1.165) is 23.5 Å².